The van der Waals surface area contributed by atoms with E-state index in [4.69, 9.17) is 4.74 Å². The standard InChI is InChI=1S/C18H22NOS/c1-19(2,3)12-13-20-18-14-8-4-6-10-16(14)21-17-11-7-5-9-15(17)18/h4-11,18H,12-13H2,1-3H3/q+1. The Hall–Kier alpha value is -1.29. The number of hydrogen-bond donors (Lipinski definition) is 0. The summed E-state index contributed by atoms with van der Waals surface area (Å²) in [5, 5.41) is 0. The minimum absolute atomic E-state index is 0.0604. The number of quaternary nitrogens is 1. The molecule has 2 aromatic rings. The Labute approximate surface area is 131 Å². The molecule has 110 valence electrons. The van der Waals surface area contributed by atoms with Gasteiger partial charge in [0, 0.05) is 9.79 Å². The SMILES string of the molecule is C[N+](C)(C)CCOC1c2ccccc2Sc2ccccc21. The van der Waals surface area contributed by atoms with Gasteiger partial charge >= 0.3 is 0 Å². The van der Waals surface area contributed by atoms with Gasteiger partial charge in [0.2, 0.25) is 0 Å². The fourth-order valence-electron chi connectivity index (χ4n) is 2.49. The lowest BCUT2D eigenvalue weighted by atomic mass is 10.0. The molecular weight excluding hydrogens is 278 g/mol. The maximum Gasteiger partial charge on any atom is 0.110 e. The quantitative estimate of drug-likeness (QED) is 0.790. The van der Waals surface area contributed by atoms with Crippen LogP contribution in [0.2, 0.25) is 0 Å². The molecule has 0 amide bonds. The van der Waals surface area contributed by atoms with Crippen LogP contribution in [0.25, 0.3) is 0 Å². The van der Waals surface area contributed by atoms with Gasteiger partial charge in [-0.3, -0.25) is 0 Å². The van der Waals surface area contributed by atoms with E-state index in [0.717, 1.165) is 17.6 Å². The molecule has 0 bridgehead atoms. The average molecular weight is 300 g/mol. The Kier molecular flexibility index (Phi) is 4.07. The number of hydrogen-bond acceptors (Lipinski definition) is 2. The molecule has 0 saturated heterocycles. The normalized spacial score (nSPS) is 14.6. The second kappa shape index (κ2) is 5.84. The highest BCUT2D eigenvalue weighted by molar-refractivity contribution is 7.99. The van der Waals surface area contributed by atoms with Gasteiger partial charge in [0.05, 0.1) is 27.7 Å². The molecule has 0 aromatic heterocycles. The van der Waals surface area contributed by atoms with Gasteiger partial charge in [0.15, 0.2) is 0 Å². The van der Waals surface area contributed by atoms with Gasteiger partial charge in [-0.2, -0.15) is 0 Å². The first-order chi connectivity index (χ1) is 10.0. The fraction of sp³-hybridized carbons (Fsp3) is 0.333. The molecule has 2 aromatic carbocycles. The fourth-order valence-corrected chi connectivity index (χ4v) is 3.61. The van der Waals surface area contributed by atoms with E-state index in [1.165, 1.54) is 20.9 Å². The number of nitrogens with zero attached hydrogens (tertiary/aromatic N) is 1. The second-order valence-electron chi connectivity index (χ2n) is 6.44. The third-order valence-corrected chi connectivity index (χ3v) is 4.85. The van der Waals surface area contributed by atoms with Gasteiger partial charge in [-0.1, -0.05) is 48.2 Å². The molecule has 3 heteroatoms. The van der Waals surface area contributed by atoms with E-state index in [1.54, 1.807) is 0 Å². The average Bonchev–Trinajstić information content (AvgIpc) is 2.45. The molecule has 0 saturated carbocycles. The van der Waals surface area contributed by atoms with Crippen molar-refractivity contribution in [3.8, 4) is 0 Å². The van der Waals surface area contributed by atoms with E-state index in [1.807, 2.05) is 11.8 Å². The van der Waals surface area contributed by atoms with Crippen molar-refractivity contribution < 1.29 is 9.22 Å². The number of likely N-dealkylation sites (N-methyl/N-ethyl adjacent to an activating group) is 1. The predicted molar refractivity (Wildman–Crippen MR) is 87.7 cm³/mol. The summed E-state index contributed by atoms with van der Waals surface area (Å²) in [6.45, 7) is 1.77. The highest BCUT2D eigenvalue weighted by Crippen LogP contribution is 2.45. The maximum atomic E-state index is 6.28. The largest absolute Gasteiger partial charge is 0.363 e. The van der Waals surface area contributed by atoms with Crippen LogP contribution in [0, 0.1) is 0 Å². The van der Waals surface area contributed by atoms with Gasteiger partial charge in [0.25, 0.3) is 0 Å². The van der Waals surface area contributed by atoms with Gasteiger partial charge in [0.1, 0.15) is 12.6 Å². The van der Waals surface area contributed by atoms with Crippen molar-refractivity contribution >= 4 is 11.8 Å². The Morgan fingerprint density at radius 2 is 1.43 bits per heavy atom. The van der Waals surface area contributed by atoms with Crippen molar-refractivity contribution in [2.75, 3.05) is 34.3 Å². The Bertz CT molecular complexity index is 588. The van der Waals surface area contributed by atoms with E-state index in [9.17, 15) is 0 Å². The summed E-state index contributed by atoms with van der Waals surface area (Å²) in [5.41, 5.74) is 2.59. The molecule has 2 nitrogen and oxygen atoms in total. The lowest BCUT2D eigenvalue weighted by Gasteiger charge is -2.29. The number of rotatable bonds is 4. The van der Waals surface area contributed by atoms with Crippen molar-refractivity contribution in [2.24, 2.45) is 0 Å². The van der Waals surface area contributed by atoms with Crippen LogP contribution < -0.4 is 0 Å². The maximum absolute atomic E-state index is 6.28. The molecule has 0 fully saturated rings. The predicted octanol–water partition coefficient (Wildman–Crippen LogP) is 3.96. The summed E-state index contributed by atoms with van der Waals surface area (Å²) >= 11 is 1.84. The molecular formula is C18H22NOS+. The molecule has 0 radical (unpaired) electrons. The van der Waals surface area contributed by atoms with Crippen LogP contribution >= 0.6 is 11.8 Å². The van der Waals surface area contributed by atoms with Crippen LogP contribution in [0.1, 0.15) is 17.2 Å². The molecule has 1 aliphatic rings. The smallest absolute Gasteiger partial charge is 0.110 e. The first-order valence-electron chi connectivity index (χ1n) is 7.32. The van der Waals surface area contributed by atoms with Gasteiger partial charge in [-0.05, 0) is 23.3 Å². The zero-order chi connectivity index (χ0) is 14.9. The topological polar surface area (TPSA) is 9.23 Å². The lowest BCUT2D eigenvalue weighted by Crippen LogP contribution is -2.38. The van der Waals surface area contributed by atoms with Gasteiger partial charge in [-0.15, -0.1) is 0 Å². The minimum Gasteiger partial charge on any atom is -0.363 e. The number of benzene rings is 2. The monoisotopic (exact) mass is 300 g/mol. The third kappa shape index (κ3) is 3.31. The first-order valence-corrected chi connectivity index (χ1v) is 8.14. The second-order valence-corrected chi connectivity index (χ2v) is 7.53. The first kappa shape index (κ1) is 14.6. The van der Waals surface area contributed by atoms with E-state index in [-0.39, 0.29) is 6.10 Å². The van der Waals surface area contributed by atoms with Crippen LogP contribution in [0.5, 0.6) is 0 Å². The zero-order valence-electron chi connectivity index (χ0n) is 12.9. The summed E-state index contributed by atoms with van der Waals surface area (Å²) in [7, 11) is 6.59. The molecule has 1 aliphatic heterocycles. The molecule has 0 aliphatic carbocycles. The van der Waals surface area contributed by atoms with Crippen molar-refractivity contribution in [3.05, 3.63) is 59.7 Å². The number of fused-ring (bicyclic) bond motifs is 2. The highest BCUT2D eigenvalue weighted by Gasteiger charge is 2.26. The van der Waals surface area contributed by atoms with Gasteiger partial charge < -0.3 is 9.22 Å². The Morgan fingerprint density at radius 1 is 0.905 bits per heavy atom. The van der Waals surface area contributed by atoms with Crippen molar-refractivity contribution in [3.63, 3.8) is 0 Å². The van der Waals surface area contributed by atoms with Crippen LogP contribution in [0.3, 0.4) is 0 Å². The van der Waals surface area contributed by atoms with Crippen molar-refractivity contribution in [2.45, 2.75) is 15.9 Å². The summed E-state index contributed by atoms with van der Waals surface area (Å²) in [6, 6.07) is 17.2. The van der Waals surface area contributed by atoms with Crippen LogP contribution in [-0.4, -0.2) is 38.8 Å². The molecule has 0 atom stereocenters. The lowest BCUT2D eigenvalue weighted by molar-refractivity contribution is -0.870. The Morgan fingerprint density at radius 3 is 1.95 bits per heavy atom. The summed E-state index contributed by atoms with van der Waals surface area (Å²) < 4.78 is 7.20. The van der Waals surface area contributed by atoms with Crippen LogP contribution in [0.4, 0.5) is 0 Å². The minimum atomic E-state index is 0.0604. The third-order valence-electron chi connectivity index (χ3n) is 3.67. The molecule has 0 N–H and O–H groups in total. The van der Waals surface area contributed by atoms with Crippen molar-refractivity contribution in [1.82, 2.24) is 0 Å². The number of ether oxygens (including phenoxy) is 1. The summed E-state index contributed by atoms with van der Waals surface area (Å²) in [5.74, 6) is 0. The zero-order valence-corrected chi connectivity index (χ0v) is 13.7. The van der Waals surface area contributed by atoms with Crippen molar-refractivity contribution in [1.29, 1.82) is 0 Å². The molecule has 3 rings (SSSR count). The van der Waals surface area contributed by atoms with Gasteiger partial charge in [-0.25, -0.2) is 0 Å². The summed E-state index contributed by atoms with van der Waals surface area (Å²) in [6.07, 6.45) is 0.0604. The summed E-state index contributed by atoms with van der Waals surface area (Å²) in [4.78, 5) is 2.62. The van der Waals surface area contributed by atoms with E-state index < -0.39 is 0 Å². The molecule has 1 heterocycles. The molecule has 0 unspecified atom stereocenters. The van der Waals surface area contributed by atoms with E-state index in [2.05, 4.69) is 69.7 Å². The highest BCUT2D eigenvalue weighted by atomic mass is 32.2. The molecule has 0 spiro atoms. The van der Waals surface area contributed by atoms with Crippen LogP contribution in [0.15, 0.2) is 58.3 Å². The van der Waals surface area contributed by atoms with E-state index in [0.29, 0.717) is 0 Å². The van der Waals surface area contributed by atoms with E-state index >= 15 is 0 Å². The Balaban J connectivity index is 1.88. The van der Waals surface area contributed by atoms with Crippen LogP contribution in [-0.2, 0) is 4.74 Å². The molecule has 21 heavy (non-hydrogen) atoms.